The second kappa shape index (κ2) is 8.27. The van der Waals surface area contributed by atoms with Crippen molar-refractivity contribution in [1.29, 1.82) is 0 Å². The molecule has 0 atom stereocenters. The Morgan fingerprint density at radius 2 is 2.00 bits per heavy atom. The minimum atomic E-state index is -3.45. The fourth-order valence-corrected chi connectivity index (χ4v) is 4.01. The maximum Gasteiger partial charge on any atom is 0.243 e. The first-order valence-corrected chi connectivity index (χ1v) is 9.47. The van der Waals surface area contributed by atoms with Gasteiger partial charge in [0.2, 0.25) is 10.0 Å². The molecule has 4 nitrogen and oxygen atoms in total. The Morgan fingerprint density at radius 3 is 2.57 bits per heavy atom. The highest BCUT2D eigenvalue weighted by molar-refractivity contribution is 9.10. The molecule has 0 heterocycles. The van der Waals surface area contributed by atoms with Crippen molar-refractivity contribution in [2.75, 3.05) is 20.1 Å². The van der Waals surface area contributed by atoms with Crippen LogP contribution < -0.4 is 5.32 Å². The fourth-order valence-electron chi connectivity index (χ4n) is 1.85. The zero-order chi connectivity index (χ0) is 16.0. The van der Waals surface area contributed by atoms with Gasteiger partial charge in [0.05, 0.1) is 4.90 Å². The van der Waals surface area contributed by atoms with E-state index in [1.807, 2.05) is 13.0 Å². The van der Waals surface area contributed by atoms with Crippen molar-refractivity contribution in [2.45, 2.75) is 38.6 Å². The zero-order valence-corrected chi connectivity index (χ0v) is 15.6. The summed E-state index contributed by atoms with van der Waals surface area (Å²) in [5.41, 5.74) is 0.968. The smallest absolute Gasteiger partial charge is 0.243 e. The Balaban J connectivity index is 3.00. The minimum Gasteiger partial charge on any atom is -0.313 e. The Hall–Kier alpha value is -0.430. The van der Waals surface area contributed by atoms with E-state index >= 15 is 0 Å². The molecule has 0 aliphatic rings. The van der Waals surface area contributed by atoms with E-state index < -0.39 is 10.0 Å². The monoisotopic (exact) mass is 376 g/mol. The maximum atomic E-state index is 12.7. The first kappa shape index (κ1) is 18.6. The number of hydrogen-bond acceptors (Lipinski definition) is 3. The molecule has 1 aromatic rings. The topological polar surface area (TPSA) is 49.4 Å². The van der Waals surface area contributed by atoms with E-state index in [2.05, 4.69) is 35.1 Å². The lowest BCUT2D eigenvalue weighted by molar-refractivity contribution is 0.428. The molecule has 0 saturated heterocycles. The highest BCUT2D eigenvalue weighted by Crippen LogP contribution is 2.26. The van der Waals surface area contributed by atoms with Gasteiger partial charge in [0.15, 0.2) is 0 Å². The number of sulfonamides is 1. The van der Waals surface area contributed by atoms with Crippen LogP contribution in [0.15, 0.2) is 27.6 Å². The summed E-state index contributed by atoms with van der Waals surface area (Å²) < 4.78 is 27.4. The van der Waals surface area contributed by atoms with Gasteiger partial charge in [0.25, 0.3) is 0 Å². The summed E-state index contributed by atoms with van der Waals surface area (Å²) in [6.07, 6.45) is 0.852. The molecule has 0 radical (unpaired) electrons. The van der Waals surface area contributed by atoms with Crippen molar-refractivity contribution in [3.63, 3.8) is 0 Å². The van der Waals surface area contributed by atoms with Crippen LogP contribution in [-0.4, -0.2) is 32.9 Å². The van der Waals surface area contributed by atoms with Crippen molar-refractivity contribution < 1.29 is 8.42 Å². The summed E-state index contributed by atoms with van der Waals surface area (Å²) in [5, 5.41) is 3.21. The van der Waals surface area contributed by atoms with Crippen molar-refractivity contribution in [3.8, 4) is 0 Å². The van der Waals surface area contributed by atoms with Crippen LogP contribution in [0.2, 0.25) is 0 Å². The van der Waals surface area contributed by atoms with Crippen molar-refractivity contribution in [3.05, 3.63) is 28.2 Å². The lowest BCUT2D eigenvalue weighted by Gasteiger charge is -2.19. The second-order valence-electron chi connectivity index (χ2n) is 5.55. The van der Waals surface area contributed by atoms with Crippen molar-refractivity contribution >= 4 is 26.0 Å². The maximum absolute atomic E-state index is 12.7. The van der Waals surface area contributed by atoms with E-state index in [-0.39, 0.29) is 0 Å². The largest absolute Gasteiger partial charge is 0.313 e. The first-order chi connectivity index (χ1) is 9.78. The third-order valence-corrected chi connectivity index (χ3v) is 6.14. The second-order valence-corrected chi connectivity index (χ2v) is 8.42. The quantitative estimate of drug-likeness (QED) is 0.757. The van der Waals surface area contributed by atoms with Crippen molar-refractivity contribution in [2.24, 2.45) is 5.92 Å². The molecule has 6 heteroatoms. The number of benzene rings is 1. The molecule has 0 spiro atoms. The average molecular weight is 377 g/mol. The lowest BCUT2D eigenvalue weighted by atomic mass is 10.1. The number of nitrogens with one attached hydrogen (secondary N) is 1. The van der Waals surface area contributed by atoms with E-state index in [1.165, 1.54) is 4.31 Å². The molecule has 120 valence electrons. The third kappa shape index (κ3) is 5.36. The van der Waals surface area contributed by atoms with Gasteiger partial charge in [0, 0.05) is 24.6 Å². The molecule has 21 heavy (non-hydrogen) atoms. The summed E-state index contributed by atoms with van der Waals surface area (Å²) in [5.74, 6) is 0.478. The van der Waals surface area contributed by atoms with Crippen LogP contribution >= 0.6 is 15.9 Å². The average Bonchev–Trinajstić information content (AvgIpc) is 2.43. The van der Waals surface area contributed by atoms with Crippen LogP contribution in [0.25, 0.3) is 0 Å². The molecule has 0 amide bonds. The summed E-state index contributed by atoms with van der Waals surface area (Å²) in [6, 6.07) is 5.48. The molecule has 1 rings (SSSR count). The third-order valence-electron chi connectivity index (χ3n) is 3.28. The molecule has 0 saturated carbocycles. The molecular weight excluding hydrogens is 352 g/mol. The summed E-state index contributed by atoms with van der Waals surface area (Å²) in [6.45, 7) is 8.26. The van der Waals surface area contributed by atoms with Gasteiger partial charge in [-0.2, -0.15) is 0 Å². The van der Waals surface area contributed by atoms with Gasteiger partial charge >= 0.3 is 0 Å². The molecule has 1 N–H and O–H groups in total. The van der Waals surface area contributed by atoms with Gasteiger partial charge in [-0.25, -0.2) is 12.7 Å². The molecule has 0 aliphatic carbocycles. The number of rotatable bonds is 8. The number of nitrogens with zero attached hydrogens (tertiary/aromatic N) is 1. The SMILES string of the molecule is CCNCc1ccc(Br)c(S(=O)(=O)N(C)CCC(C)C)c1. The Labute approximate surface area is 137 Å². The Morgan fingerprint density at radius 1 is 1.33 bits per heavy atom. The normalized spacial score (nSPS) is 12.3. The van der Waals surface area contributed by atoms with Gasteiger partial charge in [-0.1, -0.05) is 26.8 Å². The summed E-state index contributed by atoms with van der Waals surface area (Å²) in [4.78, 5) is 0.337. The van der Waals surface area contributed by atoms with E-state index in [0.717, 1.165) is 18.5 Å². The van der Waals surface area contributed by atoms with Crippen LogP contribution in [0.5, 0.6) is 0 Å². The van der Waals surface area contributed by atoms with E-state index in [4.69, 9.17) is 0 Å². The van der Waals surface area contributed by atoms with Crippen LogP contribution in [0.4, 0.5) is 0 Å². The molecular formula is C15H25BrN2O2S. The van der Waals surface area contributed by atoms with E-state index in [1.54, 1.807) is 19.2 Å². The van der Waals surface area contributed by atoms with Gasteiger partial charge in [-0.15, -0.1) is 0 Å². The van der Waals surface area contributed by atoms with Crippen molar-refractivity contribution in [1.82, 2.24) is 9.62 Å². The first-order valence-electron chi connectivity index (χ1n) is 7.24. The van der Waals surface area contributed by atoms with Crippen LogP contribution in [-0.2, 0) is 16.6 Å². The highest BCUT2D eigenvalue weighted by atomic mass is 79.9. The minimum absolute atomic E-state index is 0.337. The van der Waals surface area contributed by atoms with Gasteiger partial charge < -0.3 is 5.32 Å². The van der Waals surface area contributed by atoms with Crippen LogP contribution in [0, 0.1) is 5.92 Å². The molecule has 1 aromatic carbocycles. The van der Waals surface area contributed by atoms with Gasteiger partial charge in [0.1, 0.15) is 0 Å². The Bertz CT molecular complexity index is 559. The van der Waals surface area contributed by atoms with Crippen LogP contribution in [0.1, 0.15) is 32.8 Å². The predicted octanol–water partition coefficient (Wildman–Crippen LogP) is 3.23. The van der Waals surface area contributed by atoms with E-state index in [9.17, 15) is 8.42 Å². The molecule has 0 fully saturated rings. The van der Waals surface area contributed by atoms with E-state index in [0.29, 0.717) is 28.4 Å². The molecule has 0 bridgehead atoms. The number of halogens is 1. The molecule has 0 aromatic heterocycles. The summed E-state index contributed by atoms with van der Waals surface area (Å²) >= 11 is 3.36. The molecule has 0 unspecified atom stereocenters. The standard InChI is InChI=1S/C15H25BrN2O2S/c1-5-17-11-13-6-7-14(16)15(10-13)21(19,20)18(4)9-8-12(2)3/h6-7,10,12,17H,5,8-9,11H2,1-4H3. The summed E-state index contributed by atoms with van der Waals surface area (Å²) in [7, 11) is -1.81. The predicted molar refractivity (Wildman–Crippen MR) is 90.8 cm³/mol. The highest BCUT2D eigenvalue weighted by Gasteiger charge is 2.23. The van der Waals surface area contributed by atoms with Gasteiger partial charge in [-0.05, 0) is 52.5 Å². The Kier molecular flexibility index (Phi) is 7.33. The molecule has 0 aliphatic heterocycles. The lowest BCUT2D eigenvalue weighted by Crippen LogP contribution is -2.29. The van der Waals surface area contributed by atoms with Crippen LogP contribution in [0.3, 0.4) is 0 Å². The fraction of sp³-hybridized carbons (Fsp3) is 0.600. The van der Waals surface area contributed by atoms with Gasteiger partial charge in [-0.3, -0.25) is 0 Å². The zero-order valence-electron chi connectivity index (χ0n) is 13.2. The number of hydrogen-bond donors (Lipinski definition) is 1.